The van der Waals surface area contributed by atoms with Crippen LogP contribution in [0.2, 0.25) is 0 Å². The lowest BCUT2D eigenvalue weighted by Gasteiger charge is -2.21. The first-order valence-corrected chi connectivity index (χ1v) is 14.4. The number of benzene rings is 2. The number of hydrogen-bond donors (Lipinski definition) is 7. The molecule has 0 aliphatic heterocycles. The molecule has 8 N–H and O–H groups in total. The van der Waals surface area contributed by atoms with E-state index in [1.807, 2.05) is 12.3 Å². The molecule has 0 aliphatic rings. The van der Waals surface area contributed by atoms with Crippen LogP contribution in [0, 0.1) is 0 Å². The molecule has 0 aliphatic carbocycles. The van der Waals surface area contributed by atoms with E-state index in [4.69, 9.17) is 5.73 Å². The second-order valence-electron chi connectivity index (χ2n) is 9.42. The van der Waals surface area contributed by atoms with Crippen molar-refractivity contribution in [1.82, 2.24) is 21.3 Å². The molecule has 0 radical (unpaired) electrons. The summed E-state index contributed by atoms with van der Waals surface area (Å²) in [7, 11) is 0. The normalized spacial score (nSPS) is 13.6. The molecule has 0 aromatic heterocycles. The van der Waals surface area contributed by atoms with Crippen LogP contribution in [-0.2, 0) is 36.8 Å². The van der Waals surface area contributed by atoms with Gasteiger partial charge in [0, 0.05) is 12.8 Å². The Balaban J connectivity index is 1.93. The Morgan fingerprint density at radius 1 is 0.829 bits per heavy atom. The van der Waals surface area contributed by atoms with Crippen molar-refractivity contribution in [2.75, 3.05) is 18.6 Å². The summed E-state index contributed by atoms with van der Waals surface area (Å²) in [5, 5.41) is 28.8. The van der Waals surface area contributed by atoms with Gasteiger partial charge in [0.05, 0.1) is 12.6 Å². The molecule has 0 saturated carbocycles. The number of phenolic OH excluding ortho intramolecular Hbond substituents is 1. The minimum Gasteiger partial charge on any atom is -0.508 e. The largest absolute Gasteiger partial charge is 0.508 e. The smallest absolute Gasteiger partial charge is 0.326 e. The van der Waals surface area contributed by atoms with Gasteiger partial charge in [-0.2, -0.15) is 11.8 Å². The SMILES string of the molecule is CSCC[C@H](N)C(=O)N[C@@H](Cc1ccccc1)C(=O)NCC(=O)N[C@@H](C)C(=O)N[C@@H](Cc1ccc(O)cc1)C(=O)O. The van der Waals surface area contributed by atoms with Crippen molar-refractivity contribution in [3.8, 4) is 5.75 Å². The topological polar surface area (TPSA) is 200 Å². The van der Waals surface area contributed by atoms with Gasteiger partial charge in [0.1, 0.15) is 23.9 Å². The maximum atomic E-state index is 12.9. The fraction of sp³-hybridized carbons (Fsp3) is 0.393. The molecule has 0 bridgehead atoms. The number of hydrogen-bond acceptors (Lipinski definition) is 8. The third-order valence-electron chi connectivity index (χ3n) is 6.07. The van der Waals surface area contributed by atoms with Gasteiger partial charge in [0.2, 0.25) is 23.6 Å². The molecule has 0 unspecified atom stereocenters. The van der Waals surface area contributed by atoms with Crippen LogP contribution in [0.3, 0.4) is 0 Å². The van der Waals surface area contributed by atoms with Crippen molar-refractivity contribution in [2.24, 2.45) is 5.73 Å². The molecule has 2 rings (SSSR count). The first kappa shape index (κ1) is 33.1. The lowest BCUT2D eigenvalue weighted by molar-refractivity contribution is -0.142. The lowest BCUT2D eigenvalue weighted by atomic mass is 10.0. The van der Waals surface area contributed by atoms with Crippen LogP contribution < -0.4 is 27.0 Å². The monoisotopic (exact) mass is 587 g/mol. The highest BCUT2D eigenvalue weighted by atomic mass is 32.2. The van der Waals surface area contributed by atoms with Crippen LogP contribution in [0.25, 0.3) is 0 Å². The number of aliphatic carboxylic acids is 1. The maximum absolute atomic E-state index is 12.9. The Labute approximate surface area is 242 Å². The first-order chi connectivity index (χ1) is 19.5. The van der Waals surface area contributed by atoms with E-state index in [0.29, 0.717) is 17.7 Å². The summed E-state index contributed by atoms with van der Waals surface area (Å²) < 4.78 is 0. The highest BCUT2D eigenvalue weighted by Gasteiger charge is 2.26. The van der Waals surface area contributed by atoms with Crippen LogP contribution in [-0.4, -0.2) is 82.5 Å². The Morgan fingerprint density at radius 2 is 1.41 bits per heavy atom. The van der Waals surface area contributed by atoms with E-state index in [1.54, 1.807) is 36.0 Å². The summed E-state index contributed by atoms with van der Waals surface area (Å²) in [6.07, 6.45) is 2.47. The number of carboxylic acids is 1. The molecule has 2 aromatic rings. The van der Waals surface area contributed by atoms with Gasteiger partial charge in [0.15, 0.2) is 0 Å². The summed E-state index contributed by atoms with van der Waals surface area (Å²) in [6.45, 7) is 0.898. The van der Waals surface area contributed by atoms with E-state index in [1.165, 1.54) is 31.2 Å². The summed E-state index contributed by atoms with van der Waals surface area (Å²) >= 11 is 1.55. The Bertz CT molecular complexity index is 1180. The summed E-state index contributed by atoms with van der Waals surface area (Å²) in [6, 6.07) is 10.8. The van der Waals surface area contributed by atoms with Crippen LogP contribution in [0.1, 0.15) is 24.5 Å². The minimum absolute atomic E-state index is 0.0246. The second kappa shape index (κ2) is 16.9. The Morgan fingerprint density at radius 3 is 2.02 bits per heavy atom. The third kappa shape index (κ3) is 11.9. The highest BCUT2D eigenvalue weighted by molar-refractivity contribution is 7.98. The number of carbonyl (C=O) groups is 5. The molecule has 0 fully saturated rings. The highest BCUT2D eigenvalue weighted by Crippen LogP contribution is 2.11. The molecule has 12 nitrogen and oxygen atoms in total. The van der Waals surface area contributed by atoms with Gasteiger partial charge in [0.25, 0.3) is 0 Å². The average molecular weight is 588 g/mol. The predicted octanol–water partition coefficient (Wildman–Crippen LogP) is -0.0671. The van der Waals surface area contributed by atoms with Crippen LogP contribution in [0.4, 0.5) is 0 Å². The van der Waals surface area contributed by atoms with Crippen LogP contribution in [0.5, 0.6) is 5.75 Å². The first-order valence-electron chi connectivity index (χ1n) is 13.0. The summed E-state index contributed by atoms with van der Waals surface area (Å²) in [4.78, 5) is 62.2. The number of phenols is 1. The van der Waals surface area contributed by atoms with Gasteiger partial charge in [-0.15, -0.1) is 0 Å². The Kier molecular flexibility index (Phi) is 13.6. The van der Waals surface area contributed by atoms with E-state index < -0.39 is 60.3 Å². The standard InChI is InChI=1S/C28H37N5O7S/c1-17(25(36)33-23(28(39)40)15-19-8-10-20(34)11-9-19)31-24(35)16-30-27(38)22(14-18-6-4-3-5-7-18)32-26(37)21(29)12-13-41-2/h3-11,17,21-23,34H,12-16,29H2,1-2H3,(H,30,38)(H,31,35)(H,32,37)(H,33,36)(H,39,40)/t17-,21-,22-,23-/m0/s1. The van der Waals surface area contributed by atoms with Gasteiger partial charge in [-0.05, 0) is 48.6 Å². The molecule has 222 valence electrons. The van der Waals surface area contributed by atoms with Gasteiger partial charge >= 0.3 is 5.97 Å². The van der Waals surface area contributed by atoms with E-state index in [0.717, 1.165) is 5.56 Å². The molecular formula is C28H37N5O7S. The van der Waals surface area contributed by atoms with E-state index in [2.05, 4.69) is 21.3 Å². The number of aromatic hydroxyl groups is 1. The number of carboxylic acid groups (broad SMARTS) is 1. The molecule has 4 atom stereocenters. The minimum atomic E-state index is -1.27. The zero-order valence-electron chi connectivity index (χ0n) is 23.0. The van der Waals surface area contributed by atoms with Crippen molar-refractivity contribution in [2.45, 2.75) is 50.4 Å². The van der Waals surface area contributed by atoms with Crippen molar-refractivity contribution in [1.29, 1.82) is 0 Å². The number of carbonyl (C=O) groups excluding carboxylic acids is 4. The Hall–Kier alpha value is -4.10. The molecule has 13 heteroatoms. The summed E-state index contributed by atoms with van der Waals surface area (Å²) in [5.74, 6) is -3.07. The molecular weight excluding hydrogens is 550 g/mol. The number of thioether (sulfide) groups is 1. The van der Waals surface area contributed by atoms with Gasteiger partial charge < -0.3 is 37.2 Å². The number of amides is 4. The lowest BCUT2D eigenvalue weighted by Crippen LogP contribution is -2.55. The van der Waals surface area contributed by atoms with E-state index >= 15 is 0 Å². The number of nitrogens with one attached hydrogen (secondary N) is 4. The van der Waals surface area contributed by atoms with Gasteiger partial charge in [-0.3, -0.25) is 19.2 Å². The van der Waals surface area contributed by atoms with Crippen molar-refractivity contribution in [3.05, 3.63) is 65.7 Å². The maximum Gasteiger partial charge on any atom is 0.326 e. The molecule has 2 aromatic carbocycles. The van der Waals surface area contributed by atoms with Crippen molar-refractivity contribution >= 4 is 41.4 Å². The molecule has 0 saturated heterocycles. The molecule has 4 amide bonds. The summed E-state index contributed by atoms with van der Waals surface area (Å²) in [5.41, 5.74) is 7.32. The van der Waals surface area contributed by atoms with E-state index in [-0.39, 0.29) is 18.6 Å². The second-order valence-corrected chi connectivity index (χ2v) is 10.4. The number of nitrogens with two attached hydrogens (primary N) is 1. The van der Waals surface area contributed by atoms with E-state index in [9.17, 15) is 34.2 Å². The predicted molar refractivity (Wildman–Crippen MR) is 155 cm³/mol. The van der Waals surface area contributed by atoms with Crippen molar-refractivity contribution in [3.63, 3.8) is 0 Å². The zero-order chi connectivity index (χ0) is 30.4. The average Bonchev–Trinajstić information content (AvgIpc) is 2.95. The molecule has 41 heavy (non-hydrogen) atoms. The third-order valence-corrected chi connectivity index (χ3v) is 6.71. The molecule has 0 spiro atoms. The van der Waals surface area contributed by atoms with Gasteiger partial charge in [-0.25, -0.2) is 4.79 Å². The van der Waals surface area contributed by atoms with Crippen LogP contribution in [0.15, 0.2) is 54.6 Å². The number of rotatable bonds is 16. The molecule has 0 heterocycles. The zero-order valence-corrected chi connectivity index (χ0v) is 23.8. The fourth-order valence-corrected chi connectivity index (χ4v) is 4.22. The fourth-order valence-electron chi connectivity index (χ4n) is 3.73. The van der Waals surface area contributed by atoms with Crippen molar-refractivity contribution < 1.29 is 34.2 Å². The van der Waals surface area contributed by atoms with Crippen LogP contribution >= 0.6 is 11.8 Å². The van der Waals surface area contributed by atoms with Gasteiger partial charge in [-0.1, -0.05) is 42.5 Å². The quantitative estimate of drug-likeness (QED) is 0.140.